The molecule has 0 aromatic heterocycles. The highest BCUT2D eigenvalue weighted by molar-refractivity contribution is 5.82. The van der Waals surface area contributed by atoms with Gasteiger partial charge in [-0.2, -0.15) is 0 Å². The van der Waals surface area contributed by atoms with Gasteiger partial charge in [-0.25, -0.2) is 4.79 Å². The lowest BCUT2D eigenvalue weighted by Gasteiger charge is -2.33. The summed E-state index contributed by atoms with van der Waals surface area (Å²) < 4.78 is 5.47. The molecule has 1 atom stereocenters. The minimum atomic E-state index is -0.489. The average molecular weight is 512 g/mol. The number of hydrogen-bond donors (Lipinski definition) is 1. The van der Waals surface area contributed by atoms with Crippen molar-refractivity contribution in [1.82, 2.24) is 15.1 Å². The third kappa shape index (κ3) is 9.66. The summed E-state index contributed by atoms with van der Waals surface area (Å²) in [7, 11) is 3.38. The minimum absolute atomic E-state index is 0.168. The van der Waals surface area contributed by atoms with Gasteiger partial charge in [0.15, 0.2) is 0 Å². The lowest BCUT2D eigenvalue weighted by atomic mass is 9.92. The number of likely N-dealkylation sites (N-methyl/N-ethyl adjacent to an activating group) is 2. The van der Waals surface area contributed by atoms with Crippen LogP contribution in [0.4, 0.5) is 4.79 Å². The standard InChI is InChI=1S/C29H41N3O5/c1-29(2,3)37-28(36)32-17-15-22(16-18-32)10-6-7-11-23-12-8-13-24(21-34)25(23)20-31(5)26(14-9-19-33)27(35)30-4/h8,12-13,19,21-22,26H,6,9-10,14-18,20H2,1-5H3,(H,30,35). The summed E-state index contributed by atoms with van der Waals surface area (Å²) in [6.07, 6.45) is 5.58. The van der Waals surface area contributed by atoms with Gasteiger partial charge in [-0.3, -0.25) is 14.5 Å². The molecule has 202 valence electrons. The molecule has 1 aromatic carbocycles. The molecule has 0 spiro atoms. The topological polar surface area (TPSA) is 96.0 Å². The molecule has 1 aromatic rings. The Labute approximate surface area is 221 Å². The summed E-state index contributed by atoms with van der Waals surface area (Å²) >= 11 is 0. The molecule has 8 nitrogen and oxygen atoms in total. The number of benzene rings is 1. The van der Waals surface area contributed by atoms with Gasteiger partial charge in [-0.05, 0) is 71.0 Å². The number of likely N-dealkylation sites (tertiary alicyclic amines) is 1. The van der Waals surface area contributed by atoms with Crippen LogP contribution in [0.2, 0.25) is 0 Å². The number of carbonyl (C=O) groups excluding carboxylic acids is 4. The van der Waals surface area contributed by atoms with Gasteiger partial charge >= 0.3 is 6.09 Å². The second-order valence-electron chi connectivity index (χ2n) is 10.5. The van der Waals surface area contributed by atoms with Gasteiger partial charge < -0.3 is 19.7 Å². The number of piperidine rings is 1. The molecule has 1 fully saturated rings. The fourth-order valence-electron chi connectivity index (χ4n) is 4.48. The molecule has 0 bridgehead atoms. The van der Waals surface area contributed by atoms with Gasteiger partial charge in [0.05, 0.1) is 6.04 Å². The predicted octanol–water partition coefficient (Wildman–Crippen LogP) is 3.80. The molecule has 1 aliphatic heterocycles. The summed E-state index contributed by atoms with van der Waals surface area (Å²) in [4.78, 5) is 50.9. The second kappa shape index (κ2) is 14.5. The molecule has 2 rings (SSSR count). The van der Waals surface area contributed by atoms with Crippen LogP contribution >= 0.6 is 0 Å². The zero-order valence-corrected chi connectivity index (χ0v) is 22.8. The number of nitrogens with one attached hydrogen (secondary N) is 1. The normalized spacial score (nSPS) is 14.9. The zero-order chi connectivity index (χ0) is 27.4. The fourth-order valence-corrected chi connectivity index (χ4v) is 4.48. The SMILES string of the molecule is CNC(=O)C(CCC=O)N(C)Cc1c(C#CCCC2CCN(C(=O)OC(C)(C)C)CC2)cccc1C=O. The maximum atomic E-state index is 12.4. The number of rotatable bonds is 10. The minimum Gasteiger partial charge on any atom is -0.444 e. The van der Waals surface area contributed by atoms with Crippen LogP contribution in [-0.4, -0.2) is 73.2 Å². The first-order valence-electron chi connectivity index (χ1n) is 13.0. The quantitative estimate of drug-likeness (QED) is 0.379. The van der Waals surface area contributed by atoms with Crippen LogP contribution in [0, 0.1) is 17.8 Å². The van der Waals surface area contributed by atoms with E-state index in [0.717, 1.165) is 49.4 Å². The molecule has 0 saturated carbocycles. The van der Waals surface area contributed by atoms with Crippen molar-refractivity contribution in [2.75, 3.05) is 27.2 Å². The van der Waals surface area contributed by atoms with Crippen molar-refractivity contribution in [3.63, 3.8) is 0 Å². The second-order valence-corrected chi connectivity index (χ2v) is 10.5. The number of amides is 2. The van der Waals surface area contributed by atoms with Crippen molar-refractivity contribution < 1.29 is 23.9 Å². The van der Waals surface area contributed by atoms with Gasteiger partial charge in [-0.1, -0.05) is 24.0 Å². The molecule has 0 aliphatic carbocycles. The fraction of sp³-hybridized carbons (Fsp3) is 0.586. The van der Waals surface area contributed by atoms with E-state index in [1.807, 2.05) is 44.9 Å². The first-order chi connectivity index (χ1) is 17.6. The van der Waals surface area contributed by atoms with Gasteiger partial charge in [-0.15, -0.1) is 0 Å². The highest BCUT2D eigenvalue weighted by Crippen LogP contribution is 2.23. The average Bonchev–Trinajstić information content (AvgIpc) is 2.86. The summed E-state index contributed by atoms with van der Waals surface area (Å²) in [5.41, 5.74) is 1.59. The lowest BCUT2D eigenvalue weighted by molar-refractivity contribution is -0.126. The molecule has 1 unspecified atom stereocenters. The summed E-state index contributed by atoms with van der Waals surface area (Å²) in [5.74, 6) is 6.83. The molecular weight excluding hydrogens is 470 g/mol. The van der Waals surface area contributed by atoms with Gasteiger partial charge in [0.2, 0.25) is 5.91 Å². The largest absolute Gasteiger partial charge is 0.444 e. The van der Waals surface area contributed by atoms with Crippen LogP contribution in [0.5, 0.6) is 0 Å². The van der Waals surface area contributed by atoms with Crippen LogP contribution in [-0.2, 0) is 20.9 Å². The Bertz CT molecular complexity index is 997. The van der Waals surface area contributed by atoms with Crippen LogP contribution in [0.3, 0.4) is 0 Å². The molecule has 1 aliphatic rings. The van der Waals surface area contributed by atoms with E-state index in [1.54, 1.807) is 18.0 Å². The van der Waals surface area contributed by atoms with E-state index in [2.05, 4.69) is 17.2 Å². The number of carbonyl (C=O) groups is 4. The Morgan fingerprint density at radius 1 is 1.24 bits per heavy atom. The molecule has 37 heavy (non-hydrogen) atoms. The number of hydrogen-bond acceptors (Lipinski definition) is 6. The molecular formula is C29H41N3O5. The van der Waals surface area contributed by atoms with E-state index < -0.39 is 11.6 Å². The summed E-state index contributed by atoms with van der Waals surface area (Å²) in [6, 6.07) is 4.97. The molecule has 0 radical (unpaired) electrons. The predicted molar refractivity (Wildman–Crippen MR) is 143 cm³/mol. The van der Waals surface area contributed by atoms with E-state index in [4.69, 9.17) is 4.74 Å². The molecule has 1 saturated heterocycles. The highest BCUT2D eigenvalue weighted by Gasteiger charge is 2.27. The number of ether oxygens (including phenoxy) is 1. The van der Waals surface area contributed by atoms with Crippen molar-refractivity contribution in [2.24, 2.45) is 5.92 Å². The van der Waals surface area contributed by atoms with Gasteiger partial charge in [0, 0.05) is 50.7 Å². The van der Waals surface area contributed by atoms with Crippen LogP contribution < -0.4 is 5.32 Å². The van der Waals surface area contributed by atoms with Crippen molar-refractivity contribution in [3.8, 4) is 11.8 Å². The smallest absolute Gasteiger partial charge is 0.410 e. The van der Waals surface area contributed by atoms with E-state index in [1.165, 1.54) is 0 Å². The Balaban J connectivity index is 2.01. The summed E-state index contributed by atoms with van der Waals surface area (Å²) in [6.45, 7) is 7.37. The van der Waals surface area contributed by atoms with E-state index in [-0.39, 0.29) is 18.4 Å². The number of nitrogens with zero attached hydrogens (tertiary/aromatic N) is 2. The van der Waals surface area contributed by atoms with E-state index in [0.29, 0.717) is 37.5 Å². The lowest BCUT2D eigenvalue weighted by Crippen LogP contribution is -2.43. The Kier molecular flexibility index (Phi) is 11.8. The van der Waals surface area contributed by atoms with E-state index >= 15 is 0 Å². The third-order valence-corrected chi connectivity index (χ3v) is 6.55. The van der Waals surface area contributed by atoms with Crippen LogP contribution in [0.15, 0.2) is 18.2 Å². The monoisotopic (exact) mass is 511 g/mol. The van der Waals surface area contributed by atoms with Crippen molar-refractivity contribution >= 4 is 24.6 Å². The maximum absolute atomic E-state index is 12.4. The Hall–Kier alpha value is -3.18. The molecule has 2 amide bonds. The Morgan fingerprint density at radius 2 is 1.95 bits per heavy atom. The maximum Gasteiger partial charge on any atom is 0.410 e. The molecule has 1 N–H and O–H groups in total. The van der Waals surface area contributed by atoms with Crippen LogP contribution in [0.1, 0.15) is 80.8 Å². The van der Waals surface area contributed by atoms with Crippen molar-refractivity contribution in [3.05, 3.63) is 34.9 Å². The van der Waals surface area contributed by atoms with Crippen molar-refractivity contribution in [1.29, 1.82) is 0 Å². The van der Waals surface area contributed by atoms with Crippen LogP contribution in [0.25, 0.3) is 0 Å². The third-order valence-electron chi connectivity index (χ3n) is 6.55. The summed E-state index contributed by atoms with van der Waals surface area (Å²) in [5, 5.41) is 2.65. The number of aldehydes is 2. The molecule has 8 heteroatoms. The van der Waals surface area contributed by atoms with Crippen molar-refractivity contribution in [2.45, 2.75) is 77.5 Å². The highest BCUT2D eigenvalue weighted by atomic mass is 16.6. The first-order valence-corrected chi connectivity index (χ1v) is 13.0. The zero-order valence-electron chi connectivity index (χ0n) is 22.8. The molecule has 1 heterocycles. The van der Waals surface area contributed by atoms with Gasteiger partial charge in [0.25, 0.3) is 0 Å². The van der Waals surface area contributed by atoms with E-state index in [9.17, 15) is 19.2 Å². The van der Waals surface area contributed by atoms with Gasteiger partial charge in [0.1, 0.15) is 18.2 Å². The Morgan fingerprint density at radius 3 is 2.54 bits per heavy atom. The first kappa shape index (κ1) is 30.0.